The number of aryl methyl sites for hydroxylation is 1. The van der Waals surface area contributed by atoms with Crippen molar-refractivity contribution in [2.75, 3.05) is 12.5 Å². The first kappa shape index (κ1) is 84.2. The fraction of sp³-hybridized carbons (Fsp3) is 0.0741. The van der Waals surface area contributed by atoms with Crippen LogP contribution in [0.4, 0.5) is 26.3 Å². The van der Waals surface area contributed by atoms with Gasteiger partial charge in [0.2, 0.25) is 30.1 Å². The summed E-state index contributed by atoms with van der Waals surface area (Å²) in [7, 11) is -17.9. The molecule has 0 fully saturated rings. The number of rotatable bonds is 15. The smallest absolute Gasteiger partial charge is 0.435 e. The average molecular weight is 1680 g/mol. The lowest BCUT2D eigenvalue weighted by Gasteiger charge is -2.08. The molecular formula is C81H64F6N8O16S5. The number of sulfonamides is 3. The number of halogens is 6. The van der Waals surface area contributed by atoms with Crippen LogP contribution in [0, 0.1) is 24.4 Å². The average Bonchev–Trinajstić information content (AvgIpc) is 1.65. The second-order valence-corrected chi connectivity index (χ2v) is 34.1. The number of primary sulfonamides is 3. The van der Waals surface area contributed by atoms with Crippen molar-refractivity contribution in [1.29, 1.82) is 0 Å². The highest BCUT2D eigenvalue weighted by Gasteiger charge is 2.36. The molecule has 0 unspecified atom stereocenters. The summed E-state index contributed by atoms with van der Waals surface area (Å²) in [5.41, 5.74) is 8.31. The molecular weight excluding hydrogens is 1620 g/mol. The molecule has 0 amide bonds. The maximum atomic E-state index is 13.1. The van der Waals surface area contributed by atoms with Crippen LogP contribution >= 0.6 is 0 Å². The summed E-state index contributed by atoms with van der Waals surface area (Å²) in [6.45, 7) is 1.77. The maximum Gasteiger partial charge on any atom is 0.435 e. The van der Waals surface area contributed by atoms with E-state index >= 15 is 0 Å². The van der Waals surface area contributed by atoms with Crippen molar-refractivity contribution in [3.05, 3.63) is 335 Å². The van der Waals surface area contributed by atoms with Gasteiger partial charge in [-0.15, -0.1) is 0 Å². The molecule has 6 N–H and O–H groups in total. The van der Waals surface area contributed by atoms with Gasteiger partial charge in [0.05, 0.1) is 58.6 Å². The largest absolute Gasteiger partial charge is 0.440 e. The lowest BCUT2D eigenvalue weighted by molar-refractivity contribution is -0.141. The van der Waals surface area contributed by atoms with E-state index in [1.165, 1.54) is 149 Å². The lowest BCUT2D eigenvalue weighted by atomic mass is 9.97. The van der Waals surface area contributed by atoms with Crippen LogP contribution < -0.4 is 26.9 Å². The van der Waals surface area contributed by atoms with Crippen LogP contribution in [0.2, 0.25) is 0 Å². The van der Waals surface area contributed by atoms with Crippen molar-refractivity contribution in [3.8, 4) is 73.4 Å². The van der Waals surface area contributed by atoms with Crippen LogP contribution in [0.3, 0.4) is 0 Å². The number of sulfone groups is 2. The predicted octanol–water partition coefficient (Wildman–Crippen LogP) is 14.2. The molecule has 0 saturated heterocycles. The van der Waals surface area contributed by atoms with Crippen molar-refractivity contribution >= 4 is 66.7 Å². The van der Waals surface area contributed by atoms with Gasteiger partial charge < -0.3 is 13.3 Å². The molecule has 15 rings (SSSR count). The Hall–Kier alpha value is -12.7. The highest BCUT2D eigenvalue weighted by molar-refractivity contribution is 7.91. The van der Waals surface area contributed by atoms with Gasteiger partial charge in [-0.3, -0.25) is 4.79 Å². The van der Waals surface area contributed by atoms with Crippen molar-refractivity contribution in [2.24, 2.45) is 15.4 Å². The number of nitrogens with zero attached hydrogens (tertiary/aromatic N) is 5. The van der Waals surface area contributed by atoms with E-state index in [0.29, 0.717) is 68.8 Å². The van der Waals surface area contributed by atoms with Crippen LogP contribution in [0.25, 0.3) is 84.6 Å². The monoisotopic (exact) mass is 1680 g/mol. The highest BCUT2D eigenvalue weighted by atomic mass is 32.2. The van der Waals surface area contributed by atoms with Crippen LogP contribution in [0.15, 0.2) is 321 Å². The van der Waals surface area contributed by atoms with E-state index in [0.717, 1.165) is 80.4 Å². The molecule has 35 heteroatoms. The number of aromatic nitrogens is 5. The Kier molecular flexibility index (Phi) is 25.1. The Labute approximate surface area is 659 Å². The molecule has 1 aliphatic carbocycles. The van der Waals surface area contributed by atoms with E-state index in [1.807, 2.05) is 60.7 Å². The van der Waals surface area contributed by atoms with E-state index in [-0.39, 0.29) is 36.7 Å². The molecule has 0 saturated carbocycles. The zero-order valence-corrected chi connectivity index (χ0v) is 64.8. The Morgan fingerprint density at radius 2 is 0.741 bits per heavy atom. The second kappa shape index (κ2) is 34.5. The zero-order valence-electron chi connectivity index (χ0n) is 60.7. The highest BCUT2D eigenvalue weighted by Crippen LogP contribution is 2.39. The van der Waals surface area contributed by atoms with Crippen LogP contribution in [0.1, 0.15) is 35.6 Å². The van der Waals surface area contributed by atoms with Crippen molar-refractivity contribution in [2.45, 2.75) is 50.4 Å². The number of hydrogen-bond donors (Lipinski definition) is 3. The summed E-state index contributed by atoms with van der Waals surface area (Å²) in [6, 6.07) is 65.3. The molecule has 4 heterocycles. The fourth-order valence-corrected chi connectivity index (χ4v) is 14.5. The molecule has 116 heavy (non-hydrogen) atoms. The van der Waals surface area contributed by atoms with Crippen LogP contribution in [-0.2, 0) is 60.7 Å². The molecule has 0 radical (unpaired) electrons. The first-order chi connectivity index (χ1) is 54.7. The number of allylic oxidation sites excluding steroid dienone is 2. The van der Waals surface area contributed by atoms with Gasteiger partial charge in [0.25, 0.3) is 0 Å². The van der Waals surface area contributed by atoms with E-state index in [9.17, 15) is 82.8 Å². The maximum absolute atomic E-state index is 13.1. The number of nitrogens with two attached hydrogens (primary N) is 3. The summed E-state index contributed by atoms with van der Waals surface area (Å²) in [5, 5.41) is 18.7. The minimum absolute atomic E-state index is 0.0413. The minimum Gasteiger partial charge on any atom is -0.440 e. The molecule has 0 spiro atoms. The number of alkyl halides is 3. The normalized spacial score (nSPS) is 12.5. The lowest BCUT2D eigenvalue weighted by Crippen LogP contribution is -2.13. The van der Waals surface area contributed by atoms with Gasteiger partial charge in [-0.2, -0.15) is 18.3 Å². The molecule has 14 aromatic rings. The number of hydrogen-bond acceptors (Lipinski definition) is 18. The third-order valence-corrected chi connectivity index (χ3v) is 22.3. The third kappa shape index (κ3) is 20.6. The number of Topliss-reactive ketones (excluding diaryl/α,β-unsaturated/α-hetero) is 1. The zero-order chi connectivity index (χ0) is 83.8. The van der Waals surface area contributed by atoms with E-state index in [2.05, 4.69) is 10.1 Å². The summed E-state index contributed by atoms with van der Waals surface area (Å²) in [4.78, 5) is 40.8. The van der Waals surface area contributed by atoms with E-state index in [4.69, 9.17) is 28.7 Å². The molecule has 24 nitrogen and oxygen atoms in total. The Bertz CT molecular complexity index is 6520. The van der Waals surface area contributed by atoms with Crippen molar-refractivity contribution in [1.82, 2.24) is 23.9 Å². The number of ketones is 1. The molecule has 596 valence electrons. The molecule has 0 bridgehead atoms. The fourth-order valence-electron chi connectivity index (χ4n) is 11.7. The second-order valence-electron chi connectivity index (χ2n) is 25.4. The van der Waals surface area contributed by atoms with Gasteiger partial charge in [0.1, 0.15) is 35.7 Å². The summed E-state index contributed by atoms with van der Waals surface area (Å²) >= 11 is 0. The summed E-state index contributed by atoms with van der Waals surface area (Å²) in [6.07, 6.45) is 1.36. The van der Waals surface area contributed by atoms with Gasteiger partial charge in [0.15, 0.2) is 42.8 Å². The van der Waals surface area contributed by atoms with Crippen LogP contribution in [-0.4, -0.2) is 84.3 Å². The van der Waals surface area contributed by atoms with Gasteiger partial charge in [-0.05, 0) is 187 Å². The van der Waals surface area contributed by atoms with E-state index in [1.54, 1.807) is 55.5 Å². The molecule has 0 atom stereocenters. The van der Waals surface area contributed by atoms with E-state index < -0.39 is 90.6 Å². The standard InChI is InChI=1S/C18H16O3S.C16H11F4N3O2S.C16H12FNO4S.C16H14N2O3S.C15H11FN2O4S/c1-22(20,21)15-9-7-13(8-10-15)16-11-12-17(19)18(16)14-5-3-2-4-6-14;17-11-3-1-10(2-4-11)14-9-15(16(18,19)20)22-23(14)12-5-7-13(8-6-12)26(21,24)25;1-23(20,21)14-8-2-11(3-9-14)15-10-22-16(19)18(15)13-6-4-12(17)5-7-13;1-11-18-15(12-5-3-2-4-6-12)16(21-11)13-7-9-14(10-8-13)22(17,19)20;16-11-3-5-12(6-4-11)18-14(9-22-15(18)19)10-1-7-13(8-2-10)23(17,20)21/h2-10H,11-12H2,1H3;1-9H,(H2,21,24,25);2-10H,1H3;2-10H,1H3,(H2,17,19,20);1-9H,(H2,17,20,21). The van der Waals surface area contributed by atoms with Gasteiger partial charge >= 0.3 is 17.7 Å². The molecule has 10 aromatic carbocycles. The molecule has 1 aliphatic rings. The van der Waals surface area contributed by atoms with Crippen molar-refractivity contribution < 1.29 is 86.5 Å². The Morgan fingerprint density at radius 1 is 0.397 bits per heavy atom. The van der Waals surface area contributed by atoms with Gasteiger partial charge in [0, 0.05) is 59.2 Å². The van der Waals surface area contributed by atoms with Gasteiger partial charge in [-0.25, -0.2) is 99.1 Å². The predicted molar refractivity (Wildman–Crippen MR) is 420 cm³/mol. The quantitative estimate of drug-likeness (QED) is 0.0802. The number of carbonyl (C=O) groups excluding carboxylic acids is 1. The minimum atomic E-state index is -4.68. The number of oxazole rings is 3. The Balaban J connectivity index is 0.000000143. The third-order valence-electron chi connectivity index (χ3n) is 17.3. The molecule has 0 aliphatic heterocycles. The van der Waals surface area contributed by atoms with Crippen LogP contribution in [0.5, 0.6) is 0 Å². The van der Waals surface area contributed by atoms with Crippen molar-refractivity contribution in [3.63, 3.8) is 0 Å². The van der Waals surface area contributed by atoms with Gasteiger partial charge in [-0.1, -0.05) is 97.1 Å². The summed E-state index contributed by atoms with van der Waals surface area (Å²) in [5.74, 6) is -1.33. The SMILES string of the molecule is CS(=O)(=O)c1ccc(-c2coc(=O)n2-c2ccc(F)cc2)cc1.CS(=O)(=O)c1ccc(C2=C(c3ccccc3)C(=O)CC2)cc1.Cc1nc(-c2ccccc2)c(-c2ccc(S(N)(=O)=O)cc2)o1.NS(=O)(=O)c1ccc(-c2coc(=O)n2-c2ccc(F)cc2)cc1.NS(=O)(=O)c1ccc(-n2nc(C(F)(F)F)cc2-c2ccc(F)cc2)cc1. The summed E-state index contributed by atoms with van der Waals surface area (Å²) < 4.78 is 211. The molecule has 4 aromatic heterocycles. The topological polar surface area (TPSA) is 380 Å². The number of carbonyl (C=O) groups is 1. The number of benzene rings is 10. The first-order valence-corrected chi connectivity index (χ1v) is 42.3. The Morgan fingerprint density at radius 3 is 1.14 bits per heavy atom. The first-order valence-electron chi connectivity index (χ1n) is 33.9.